The number of anilines is 1. The highest BCUT2D eigenvalue weighted by Crippen LogP contribution is 2.21. The maximum absolute atomic E-state index is 4.54. The summed E-state index contributed by atoms with van der Waals surface area (Å²) in [6.07, 6.45) is 1.81. The summed E-state index contributed by atoms with van der Waals surface area (Å²) in [5, 5.41) is 7.38. The molecule has 0 fully saturated rings. The monoisotopic (exact) mass is 275 g/mol. The summed E-state index contributed by atoms with van der Waals surface area (Å²) >= 11 is 0. The lowest BCUT2D eigenvalue weighted by molar-refractivity contribution is 0.887. The van der Waals surface area contributed by atoms with Crippen molar-refractivity contribution in [1.29, 1.82) is 0 Å². The van der Waals surface area contributed by atoms with E-state index >= 15 is 0 Å². The van der Waals surface area contributed by atoms with Gasteiger partial charge >= 0.3 is 0 Å². The van der Waals surface area contributed by atoms with E-state index in [1.54, 1.807) is 0 Å². The first-order valence-corrected chi connectivity index (χ1v) is 6.78. The number of hydrogen-bond donors (Lipinski definition) is 2. The third-order valence-electron chi connectivity index (χ3n) is 3.39. The number of nitrogens with zero attached hydrogens (tertiary/aromatic N) is 3. The standard InChI is InChI=1S/C16H13N5/c1-3-7-13-11(5-1)9-17-15(19-13)21-16-18-10-12-6-2-4-8-14(12)20-16/h1-9H,10H2,(H2,17,18,19,20,21). The number of rotatable bonds is 1. The molecule has 1 aromatic heterocycles. The van der Waals surface area contributed by atoms with Gasteiger partial charge in [0.15, 0.2) is 0 Å². The Bertz CT molecular complexity index is 841. The zero-order valence-corrected chi connectivity index (χ0v) is 11.2. The molecule has 0 saturated heterocycles. The van der Waals surface area contributed by atoms with Gasteiger partial charge in [-0.15, -0.1) is 0 Å². The van der Waals surface area contributed by atoms with Crippen molar-refractivity contribution in [3.63, 3.8) is 0 Å². The van der Waals surface area contributed by atoms with E-state index in [9.17, 15) is 0 Å². The third kappa shape index (κ3) is 2.29. The molecule has 1 aliphatic heterocycles. The Labute approximate surface area is 121 Å². The fourth-order valence-corrected chi connectivity index (χ4v) is 2.32. The second-order valence-electron chi connectivity index (χ2n) is 4.82. The SMILES string of the molecule is c1ccc2c(c1)CNC(Nc1ncc3ccccc3n1)=N2. The van der Waals surface area contributed by atoms with Crippen LogP contribution in [-0.2, 0) is 6.54 Å². The van der Waals surface area contributed by atoms with Gasteiger partial charge in [-0.1, -0.05) is 36.4 Å². The van der Waals surface area contributed by atoms with E-state index < -0.39 is 0 Å². The normalized spacial score (nSPS) is 13.2. The van der Waals surface area contributed by atoms with E-state index in [-0.39, 0.29) is 0 Å². The molecule has 0 aliphatic carbocycles. The Morgan fingerprint density at radius 1 is 1.00 bits per heavy atom. The highest BCUT2D eigenvalue weighted by Gasteiger charge is 2.11. The van der Waals surface area contributed by atoms with E-state index in [1.165, 1.54) is 5.56 Å². The van der Waals surface area contributed by atoms with Crippen molar-refractivity contribution in [3.8, 4) is 0 Å². The number of aliphatic imine (C=N–C) groups is 1. The van der Waals surface area contributed by atoms with Gasteiger partial charge in [0, 0.05) is 18.1 Å². The molecule has 0 saturated carbocycles. The van der Waals surface area contributed by atoms with Crippen LogP contribution in [0.3, 0.4) is 0 Å². The van der Waals surface area contributed by atoms with Gasteiger partial charge in [0.2, 0.25) is 11.9 Å². The van der Waals surface area contributed by atoms with Crippen LogP contribution < -0.4 is 10.6 Å². The van der Waals surface area contributed by atoms with Crippen molar-refractivity contribution >= 4 is 28.5 Å². The Balaban J connectivity index is 1.65. The van der Waals surface area contributed by atoms with E-state index in [2.05, 4.69) is 31.7 Å². The molecule has 3 aromatic rings. The lowest BCUT2D eigenvalue weighted by Crippen LogP contribution is -2.33. The minimum Gasteiger partial charge on any atom is -0.352 e. The molecule has 0 unspecified atom stereocenters. The Hall–Kier alpha value is -2.95. The molecule has 5 heteroatoms. The number of nitrogens with one attached hydrogen (secondary N) is 2. The zero-order valence-electron chi connectivity index (χ0n) is 11.2. The first-order chi connectivity index (χ1) is 10.4. The molecule has 2 heterocycles. The predicted molar refractivity (Wildman–Crippen MR) is 83.5 cm³/mol. The second kappa shape index (κ2) is 4.86. The molecule has 102 valence electrons. The maximum atomic E-state index is 4.54. The molecule has 5 nitrogen and oxygen atoms in total. The number of aromatic nitrogens is 2. The molecule has 4 rings (SSSR count). The minimum atomic E-state index is 0.541. The average molecular weight is 275 g/mol. The van der Waals surface area contributed by atoms with Gasteiger partial charge in [0.05, 0.1) is 11.2 Å². The molecular weight excluding hydrogens is 262 g/mol. The molecule has 2 aromatic carbocycles. The highest BCUT2D eigenvalue weighted by atomic mass is 15.2. The quantitative estimate of drug-likeness (QED) is 0.717. The fraction of sp³-hybridized carbons (Fsp3) is 0.0625. The summed E-state index contributed by atoms with van der Waals surface area (Å²) in [7, 11) is 0. The van der Waals surface area contributed by atoms with Crippen molar-refractivity contribution in [3.05, 3.63) is 60.3 Å². The third-order valence-corrected chi connectivity index (χ3v) is 3.39. The van der Waals surface area contributed by atoms with Gasteiger partial charge in [-0.05, 0) is 17.7 Å². The molecular formula is C16H13N5. The Kier molecular flexibility index (Phi) is 2.74. The summed E-state index contributed by atoms with van der Waals surface area (Å²) < 4.78 is 0. The molecule has 1 aliphatic rings. The number of hydrogen-bond acceptors (Lipinski definition) is 5. The van der Waals surface area contributed by atoms with Crippen LogP contribution in [0.1, 0.15) is 5.56 Å². The molecule has 0 amide bonds. The van der Waals surface area contributed by atoms with Gasteiger partial charge in [-0.2, -0.15) is 0 Å². The topological polar surface area (TPSA) is 62.2 Å². The van der Waals surface area contributed by atoms with Crippen LogP contribution in [0, 0.1) is 0 Å². The Morgan fingerprint density at radius 2 is 1.86 bits per heavy atom. The van der Waals surface area contributed by atoms with E-state index in [0.717, 1.165) is 23.1 Å². The van der Waals surface area contributed by atoms with Crippen LogP contribution in [-0.4, -0.2) is 15.9 Å². The van der Waals surface area contributed by atoms with Crippen LogP contribution in [0.25, 0.3) is 10.9 Å². The van der Waals surface area contributed by atoms with Crippen LogP contribution in [0.15, 0.2) is 59.7 Å². The summed E-state index contributed by atoms with van der Waals surface area (Å²) in [6.45, 7) is 0.746. The van der Waals surface area contributed by atoms with Gasteiger partial charge in [-0.3, -0.25) is 5.32 Å². The van der Waals surface area contributed by atoms with Crippen LogP contribution in [0.5, 0.6) is 0 Å². The van der Waals surface area contributed by atoms with Crippen molar-refractivity contribution < 1.29 is 0 Å². The van der Waals surface area contributed by atoms with Gasteiger partial charge < -0.3 is 5.32 Å². The minimum absolute atomic E-state index is 0.541. The molecule has 2 N–H and O–H groups in total. The number of benzene rings is 2. The molecule has 0 spiro atoms. The number of para-hydroxylation sites is 2. The summed E-state index contributed by atoms with van der Waals surface area (Å²) in [6, 6.07) is 16.0. The van der Waals surface area contributed by atoms with Crippen molar-refractivity contribution in [2.45, 2.75) is 6.54 Å². The summed E-state index contributed by atoms with van der Waals surface area (Å²) in [5.74, 6) is 1.21. The Morgan fingerprint density at radius 3 is 2.86 bits per heavy atom. The lowest BCUT2D eigenvalue weighted by atomic mass is 10.1. The maximum Gasteiger partial charge on any atom is 0.230 e. The van der Waals surface area contributed by atoms with Gasteiger partial charge in [0.25, 0.3) is 0 Å². The number of fused-ring (bicyclic) bond motifs is 2. The molecule has 0 atom stereocenters. The number of guanidine groups is 1. The first-order valence-electron chi connectivity index (χ1n) is 6.78. The highest BCUT2D eigenvalue weighted by molar-refractivity contribution is 5.95. The average Bonchev–Trinajstić information content (AvgIpc) is 2.55. The summed E-state index contributed by atoms with van der Waals surface area (Å²) in [5.41, 5.74) is 3.06. The van der Waals surface area contributed by atoms with Gasteiger partial charge in [0.1, 0.15) is 0 Å². The molecule has 0 bridgehead atoms. The lowest BCUT2D eigenvalue weighted by Gasteiger charge is -2.17. The van der Waals surface area contributed by atoms with E-state index in [4.69, 9.17) is 0 Å². The van der Waals surface area contributed by atoms with Crippen molar-refractivity contribution in [1.82, 2.24) is 15.3 Å². The first kappa shape index (κ1) is 11.8. The molecule has 21 heavy (non-hydrogen) atoms. The van der Waals surface area contributed by atoms with E-state index in [0.29, 0.717) is 11.9 Å². The molecule has 0 radical (unpaired) electrons. The van der Waals surface area contributed by atoms with Crippen LogP contribution in [0.4, 0.5) is 11.6 Å². The van der Waals surface area contributed by atoms with Crippen LogP contribution in [0.2, 0.25) is 0 Å². The van der Waals surface area contributed by atoms with Crippen molar-refractivity contribution in [2.75, 3.05) is 5.32 Å². The van der Waals surface area contributed by atoms with E-state index in [1.807, 2.05) is 48.7 Å². The van der Waals surface area contributed by atoms with Crippen LogP contribution >= 0.6 is 0 Å². The fourth-order valence-electron chi connectivity index (χ4n) is 2.32. The second-order valence-corrected chi connectivity index (χ2v) is 4.82. The smallest absolute Gasteiger partial charge is 0.230 e. The zero-order chi connectivity index (χ0) is 14.1. The predicted octanol–water partition coefficient (Wildman–Crippen LogP) is 2.83. The van der Waals surface area contributed by atoms with Gasteiger partial charge in [-0.25, -0.2) is 15.0 Å². The van der Waals surface area contributed by atoms with Crippen molar-refractivity contribution in [2.24, 2.45) is 4.99 Å². The largest absolute Gasteiger partial charge is 0.352 e. The summed E-state index contributed by atoms with van der Waals surface area (Å²) in [4.78, 5) is 13.3.